The van der Waals surface area contributed by atoms with E-state index in [9.17, 15) is 9.59 Å². The van der Waals surface area contributed by atoms with Crippen LogP contribution in [0.5, 0.6) is 5.75 Å². The van der Waals surface area contributed by atoms with Gasteiger partial charge in [-0.3, -0.25) is 14.0 Å². The van der Waals surface area contributed by atoms with Crippen molar-refractivity contribution in [3.8, 4) is 5.75 Å². The van der Waals surface area contributed by atoms with Crippen LogP contribution in [0.1, 0.15) is 30.7 Å². The summed E-state index contributed by atoms with van der Waals surface area (Å²) in [6.45, 7) is 4.35. The highest BCUT2D eigenvalue weighted by atomic mass is 16.5. The van der Waals surface area contributed by atoms with E-state index in [2.05, 4.69) is 4.90 Å². The summed E-state index contributed by atoms with van der Waals surface area (Å²) in [5.41, 5.74) is 2.98. The molecule has 0 unspecified atom stereocenters. The van der Waals surface area contributed by atoms with Crippen molar-refractivity contribution in [3.63, 3.8) is 0 Å². The maximum Gasteiger partial charge on any atom is 0.265 e. The smallest absolute Gasteiger partial charge is 0.265 e. The first-order chi connectivity index (χ1) is 15.1. The molecule has 0 aliphatic carbocycles. The van der Waals surface area contributed by atoms with E-state index in [-0.39, 0.29) is 11.5 Å². The highest BCUT2D eigenvalue weighted by Crippen LogP contribution is 2.34. The third-order valence-corrected chi connectivity index (χ3v) is 6.09. The number of carbonyl (C=O) groups excluding carboxylic acids is 1. The summed E-state index contributed by atoms with van der Waals surface area (Å²) in [6, 6.07) is 15.0. The Morgan fingerprint density at radius 1 is 1.10 bits per heavy atom. The van der Waals surface area contributed by atoms with E-state index in [0.29, 0.717) is 30.2 Å². The number of ether oxygens (including phenoxy) is 1. The molecule has 1 fully saturated rings. The van der Waals surface area contributed by atoms with Gasteiger partial charge >= 0.3 is 0 Å². The number of amides is 1. The molecule has 0 bridgehead atoms. The Balaban J connectivity index is 1.45. The van der Waals surface area contributed by atoms with Crippen molar-refractivity contribution in [1.82, 2.24) is 14.3 Å². The summed E-state index contributed by atoms with van der Waals surface area (Å²) in [4.78, 5) is 34.6. The van der Waals surface area contributed by atoms with Crippen molar-refractivity contribution in [2.75, 3.05) is 24.5 Å². The number of likely N-dealkylation sites (tertiary alicyclic amines) is 1. The Labute approximate surface area is 180 Å². The molecule has 1 saturated heterocycles. The van der Waals surface area contributed by atoms with Crippen molar-refractivity contribution in [3.05, 3.63) is 70.3 Å². The second-order valence-corrected chi connectivity index (χ2v) is 8.29. The van der Waals surface area contributed by atoms with Gasteiger partial charge in [0.25, 0.3) is 11.5 Å². The molecule has 0 spiro atoms. The lowest BCUT2D eigenvalue weighted by Crippen LogP contribution is -2.51. The molecule has 2 aromatic heterocycles. The van der Waals surface area contributed by atoms with Gasteiger partial charge in [0.2, 0.25) is 0 Å². The van der Waals surface area contributed by atoms with E-state index in [1.807, 2.05) is 54.3 Å². The van der Waals surface area contributed by atoms with E-state index < -0.39 is 6.10 Å². The first-order valence-electron chi connectivity index (χ1n) is 10.9. The van der Waals surface area contributed by atoms with Crippen LogP contribution in [-0.2, 0) is 11.3 Å². The van der Waals surface area contributed by atoms with Crippen molar-refractivity contribution < 1.29 is 9.53 Å². The van der Waals surface area contributed by atoms with Gasteiger partial charge in [0, 0.05) is 24.8 Å². The van der Waals surface area contributed by atoms with Crippen molar-refractivity contribution in [2.45, 2.75) is 38.8 Å². The van der Waals surface area contributed by atoms with Gasteiger partial charge in [-0.2, -0.15) is 0 Å². The molecule has 2 aliphatic heterocycles. The fourth-order valence-corrected chi connectivity index (χ4v) is 4.54. The molecule has 2 aliphatic rings. The Morgan fingerprint density at radius 2 is 1.90 bits per heavy atom. The van der Waals surface area contributed by atoms with E-state index >= 15 is 0 Å². The van der Waals surface area contributed by atoms with Crippen LogP contribution >= 0.6 is 0 Å². The molecule has 0 N–H and O–H groups in total. The summed E-state index contributed by atoms with van der Waals surface area (Å²) in [5, 5.41) is 0. The summed E-state index contributed by atoms with van der Waals surface area (Å²) in [6.07, 6.45) is 2.70. The van der Waals surface area contributed by atoms with Gasteiger partial charge in [-0.25, -0.2) is 4.98 Å². The van der Waals surface area contributed by atoms with Crippen LogP contribution in [0.25, 0.3) is 5.65 Å². The zero-order valence-corrected chi connectivity index (χ0v) is 17.7. The number of hydrogen-bond acceptors (Lipinski definition) is 5. The average Bonchev–Trinajstić information content (AvgIpc) is 2.79. The number of rotatable bonds is 3. The lowest BCUT2D eigenvalue weighted by atomic mass is 10.1. The molecule has 1 atom stereocenters. The maximum atomic E-state index is 13.1. The van der Waals surface area contributed by atoms with Gasteiger partial charge in [-0.1, -0.05) is 18.2 Å². The number of pyridine rings is 1. The molecule has 0 radical (unpaired) electrons. The molecule has 7 nitrogen and oxygen atoms in total. The van der Waals surface area contributed by atoms with Crippen LogP contribution in [-0.4, -0.2) is 45.9 Å². The molecular weight excluding hydrogens is 392 g/mol. The fraction of sp³-hybridized carbons (Fsp3) is 0.375. The van der Waals surface area contributed by atoms with Crippen molar-refractivity contribution in [1.29, 1.82) is 0 Å². The molecule has 31 heavy (non-hydrogen) atoms. The SMILES string of the molecule is Cc1cccc2nc(CN3C[C@@H](C(=O)N4CCCCC4)Oc4ccccc43)cc(=O)n12. The van der Waals surface area contributed by atoms with Crippen LogP contribution in [0, 0.1) is 6.92 Å². The van der Waals surface area contributed by atoms with Crippen molar-refractivity contribution in [2.24, 2.45) is 0 Å². The molecule has 5 rings (SSSR count). The number of carbonyl (C=O) groups is 1. The van der Waals surface area contributed by atoms with Gasteiger partial charge in [0.15, 0.2) is 6.10 Å². The van der Waals surface area contributed by atoms with Crippen LogP contribution < -0.4 is 15.2 Å². The number of fused-ring (bicyclic) bond motifs is 2. The van der Waals surface area contributed by atoms with Gasteiger partial charge in [-0.05, 0) is 50.5 Å². The van der Waals surface area contributed by atoms with Crippen LogP contribution in [0.2, 0.25) is 0 Å². The highest BCUT2D eigenvalue weighted by molar-refractivity contribution is 5.83. The van der Waals surface area contributed by atoms with Crippen LogP contribution in [0.4, 0.5) is 5.69 Å². The number of aromatic nitrogens is 2. The lowest BCUT2D eigenvalue weighted by Gasteiger charge is -2.38. The second kappa shape index (κ2) is 8.06. The third-order valence-electron chi connectivity index (χ3n) is 6.09. The predicted molar refractivity (Wildman–Crippen MR) is 119 cm³/mol. The molecule has 7 heteroatoms. The van der Waals surface area contributed by atoms with Gasteiger partial charge in [0.05, 0.1) is 24.5 Å². The topological polar surface area (TPSA) is 67.2 Å². The Bertz CT molecular complexity index is 1180. The van der Waals surface area contributed by atoms with Crippen molar-refractivity contribution >= 4 is 17.2 Å². The number of aryl methyl sites for hydroxylation is 1. The summed E-state index contributed by atoms with van der Waals surface area (Å²) in [7, 11) is 0. The number of piperidine rings is 1. The Hall–Kier alpha value is -3.35. The van der Waals surface area contributed by atoms with E-state index in [0.717, 1.165) is 37.3 Å². The van der Waals surface area contributed by atoms with E-state index in [1.54, 1.807) is 10.5 Å². The predicted octanol–water partition coefficient (Wildman–Crippen LogP) is 2.78. The average molecular weight is 418 g/mol. The number of para-hydroxylation sites is 2. The lowest BCUT2D eigenvalue weighted by molar-refractivity contribution is -0.139. The number of nitrogens with zero attached hydrogens (tertiary/aromatic N) is 4. The maximum absolute atomic E-state index is 13.1. The molecule has 1 amide bonds. The number of anilines is 1. The first-order valence-corrected chi connectivity index (χ1v) is 10.9. The minimum Gasteiger partial charge on any atom is -0.477 e. The molecule has 160 valence electrons. The molecule has 4 heterocycles. The largest absolute Gasteiger partial charge is 0.477 e. The van der Waals surface area contributed by atoms with Gasteiger partial charge in [0.1, 0.15) is 11.4 Å². The summed E-state index contributed by atoms with van der Waals surface area (Å²) in [5.74, 6) is 0.735. The van der Waals surface area contributed by atoms with Crippen LogP contribution in [0.3, 0.4) is 0 Å². The fourth-order valence-electron chi connectivity index (χ4n) is 4.54. The highest BCUT2D eigenvalue weighted by Gasteiger charge is 2.34. The van der Waals surface area contributed by atoms with E-state index in [4.69, 9.17) is 9.72 Å². The monoisotopic (exact) mass is 418 g/mol. The molecule has 0 saturated carbocycles. The Morgan fingerprint density at radius 3 is 2.74 bits per heavy atom. The standard InChI is InChI=1S/C24H26N4O3/c1-17-8-7-11-22-25-18(14-23(29)28(17)22)15-27-16-21(24(30)26-12-5-2-6-13-26)31-20-10-4-3-9-19(20)27/h3-4,7-11,14,21H,2,5-6,12-13,15-16H2,1H3/t21-/m0/s1. The number of hydrogen-bond donors (Lipinski definition) is 0. The quantitative estimate of drug-likeness (QED) is 0.654. The zero-order chi connectivity index (χ0) is 21.4. The Kier molecular flexibility index (Phi) is 5.10. The van der Waals surface area contributed by atoms with Crippen LogP contribution in [0.15, 0.2) is 53.3 Å². The molecular formula is C24H26N4O3. The van der Waals surface area contributed by atoms with E-state index in [1.165, 1.54) is 6.42 Å². The minimum atomic E-state index is -0.559. The van der Waals surface area contributed by atoms with Gasteiger partial charge in [-0.15, -0.1) is 0 Å². The molecule has 3 aromatic rings. The van der Waals surface area contributed by atoms with Gasteiger partial charge < -0.3 is 14.5 Å². The molecule has 1 aromatic carbocycles. The normalized spacial score (nSPS) is 18.5. The zero-order valence-electron chi connectivity index (χ0n) is 17.7. The number of benzene rings is 1. The minimum absolute atomic E-state index is 0.0429. The second-order valence-electron chi connectivity index (χ2n) is 8.29. The first kappa shape index (κ1) is 19.6. The third kappa shape index (κ3) is 3.76. The summed E-state index contributed by atoms with van der Waals surface area (Å²) >= 11 is 0. The summed E-state index contributed by atoms with van der Waals surface area (Å²) < 4.78 is 7.72.